The fourth-order valence-electron chi connectivity index (χ4n) is 4.33. The summed E-state index contributed by atoms with van der Waals surface area (Å²) in [5.74, 6) is 5.80. The van der Waals surface area contributed by atoms with Crippen molar-refractivity contribution in [3.8, 4) is 11.4 Å². The highest BCUT2D eigenvalue weighted by Gasteiger charge is 2.28. The third-order valence-electron chi connectivity index (χ3n) is 6.08. The summed E-state index contributed by atoms with van der Waals surface area (Å²) in [6.07, 6.45) is 0.557. The van der Waals surface area contributed by atoms with Crippen LogP contribution in [0.15, 0.2) is 34.9 Å². The van der Waals surface area contributed by atoms with Crippen LogP contribution in [-0.4, -0.2) is 50.5 Å². The number of aliphatic hydroxyl groups is 1. The summed E-state index contributed by atoms with van der Waals surface area (Å²) in [6, 6.07) is 4.80. The number of nitrogens with two attached hydrogens (primary N) is 4. The fraction of sp³-hybridized carbons (Fsp3) is 0.379. The van der Waals surface area contributed by atoms with Gasteiger partial charge >= 0.3 is 6.16 Å². The van der Waals surface area contributed by atoms with E-state index in [1.165, 1.54) is 21.8 Å². The van der Waals surface area contributed by atoms with Crippen molar-refractivity contribution in [2.24, 2.45) is 23.0 Å². The van der Waals surface area contributed by atoms with Crippen LogP contribution in [0.4, 0.5) is 9.18 Å². The Hall–Kier alpha value is -4.53. The molecule has 43 heavy (non-hydrogen) atoms. The Morgan fingerprint density at radius 2 is 1.81 bits per heavy atom. The first-order valence-electron chi connectivity index (χ1n) is 13.6. The molecule has 0 bridgehead atoms. The smallest absolute Gasteiger partial charge is 0.450 e. The molecule has 4 rings (SSSR count). The first-order valence-corrected chi connectivity index (χ1v) is 13.6. The molecule has 3 heterocycles. The highest BCUT2D eigenvalue weighted by atomic mass is 19.1. The van der Waals surface area contributed by atoms with Crippen LogP contribution < -0.4 is 28.6 Å². The molecule has 14 heteroatoms. The molecular weight excluding hydrogens is 561 g/mol. The number of amides is 1. The predicted molar refractivity (Wildman–Crippen MR) is 163 cm³/mol. The van der Waals surface area contributed by atoms with Crippen molar-refractivity contribution in [1.82, 2.24) is 14.6 Å². The molecule has 13 nitrogen and oxygen atoms in total. The van der Waals surface area contributed by atoms with E-state index in [9.17, 15) is 14.0 Å². The van der Waals surface area contributed by atoms with E-state index in [0.29, 0.717) is 39.1 Å². The highest BCUT2D eigenvalue weighted by molar-refractivity contribution is 5.88. The van der Waals surface area contributed by atoms with Crippen molar-refractivity contribution >= 4 is 23.5 Å². The largest absolute Gasteiger partial charge is 0.506 e. The maximum absolute atomic E-state index is 14.4. The second kappa shape index (κ2) is 17.4. The summed E-state index contributed by atoms with van der Waals surface area (Å²) in [5, 5.41) is 20.0. The lowest BCUT2D eigenvalue weighted by Crippen LogP contribution is -2.27. The zero-order valence-electron chi connectivity index (χ0n) is 25.2. The van der Waals surface area contributed by atoms with Gasteiger partial charge in [0.2, 0.25) is 6.41 Å². The molecule has 0 radical (unpaired) electrons. The van der Waals surface area contributed by atoms with E-state index in [4.69, 9.17) is 32.3 Å². The van der Waals surface area contributed by atoms with E-state index < -0.39 is 12.0 Å². The molecule has 0 saturated heterocycles. The molecule has 236 valence electrons. The second-order valence-corrected chi connectivity index (χ2v) is 9.07. The lowest BCUT2D eigenvalue weighted by atomic mass is 9.98. The van der Waals surface area contributed by atoms with Crippen molar-refractivity contribution in [3.05, 3.63) is 74.1 Å². The number of hydrogen-bond acceptors (Lipinski definition) is 10. The average molecular weight is 604 g/mol. The number of aryl methyl sites for hydroxylation is 2. The van der Waals surface area contributed by atoms with Crippen molar-refractivity contribution in [2.75, 3.05) is 13.2 Å². The normalized spacial score (nSPS) is 11.0. The van der Waals surface area contributed by atoms with Gasteiger partial charge in [-0.1, -0.05) is 20.8 Å². The lowest BCUT2D eigenvalue weighted by molar-refractivity contribution is -0.106. The Balaban J connectivity index is 0.00000105. The number of halogens is 1. The van der Waals surface area contributed by atoms with Gasteiger partial charge in [0.25, 0.3) is 5.56 Å². The van der Waals surface area contributed by atoms with Gasteiger partial charge in [-0.15, -0.1) is 0 Å². The minimum Gasteiger partial charge on any atom is -0.450 e. The fourth-order valence-corrected chi connectivity index (χ4v) is 4.33. The molecule has 3 aromatic rings. The minimum atomic E-state index is -1.47. The maximum atomic E-state index is 14.4. The Morgan fingerprint density at radius 1 is 1.21 bits per heavy atom. The zero-order valence-corrected chi connectivity index (χ0v) is 25.2. The number of carboxylic acid groups (broad SMARTS) is 1. The van der Waals surface area contributed by atoms with Crippen LogP contribution >= 0.6 is 0 Å². The number of ether oxygens (including phenoxy) is 1. The quantitative estimate of drug-likeness (QED) is 0.0777. The van der Waals surface area contributed by atoms with E-state index in [2.05, 4.69) is 15.5 Å². The van der Waals surface area contributed by atoms with Crippen molar-refractivity contribution in [1.29, 1.82) is 0 Å². The first-order chi connectivity index (χ1) is 20.4. The molecule has 0 fully saturated rings. The van der Waals surface area contributed by atoms with Crippen molar-refractivity contribution in [2.45, 2.75) is 60.7 Å². The number of nitrogens with zero attached hydrogens (tertiary/aromatic N) is 3. The first kappa shape index (κ1) is 36.5. The summed E-state index contributed by atoms with van der Waals surface area (Å²) in [4.78, 5) is 37.3. The van der Waals surface area contributed by atoms with Gasteiger partial charge in [-0.3, -0.25) is 9.59 Å². The van der Waals surface area contributed by atoms with Gasteiger partial charge in [0.05, 0.1) is 35.6 Å². The Bertz CT molecular complexity index is 1510. The summed E-state index contributed by atoms with van der Waals surface area (Å²) in [7, 11) is 0. The summed E-state index contributed by atoms with van der Waals surface area (Å²) in [5.41, 5.74) is 19.2. The molecule has 10 N–H and O–H groups in total. The van der Waals surface area contributed by atoms with E-state index >= 15 is 0 Å². The Kier molecular flexibility index (Phi) is 14.8. The molecule has 1 aromatic carbocycles. The molecule has 1 aliphatic heterocycles. The number of aromatic nitrogens is 2. The number of aliphatic hydroxyl groups excluding tert-OH is 1. The van der Waals surface area contributed by atoms with E-state index in [1.807, 2.05) is 20.8 Å². The van der Waals surface area contributed by atoms with E-state index in [1.54, 1.807) is 26.0 Å². The number of pyridine rings is 2. The van der Waals surface area contributed by atoms with Crippen LogP contribution in [0.25, 0.3) is 22.3 Å². The Labute approximate surface area is 249 Å². The van der Waals surface area contributed by atoms with Crippen molar-refractivity contribution in [3.63, 3.8) is 0 Å². The number of fused-ring (bicyclic) bond motifs is 4. The van der Waals surface area contributed by atoms with E-state index in [-0.39, 0.29) is 50.3 Å². The monoisotopic (exact) mass is 603 g/mol. The molecule has 0 aliphatic carbocycles. The third-order valence-corrected chi connectivity index (χ3v) is 6.08. The van der Waals surface area contributed by atoms with Gasteiger partial charge in [-0.2, -0.15) is 0 Å². The molecule has 1 amide bonds. The number of rotatable bonds is 7. The maximum Gasteiger partial charge on any atom is 0.506 e. The topological polar surface area (TPSA) is 226 Å². The van der Waals surface area contributed by atoms with Crippen LogP contribution in [0.2, 0.25) is 0 Å². The predicted octanol–water partition coefficient (Wildman–Crippen LogP) is 2.33. The van der Waals surface area contributed by atoms with Crippen LogP contribution in [0, 0.1) is 19.7 Å². The number of primary amides is 1. The number of hydrogen-bond donors (Lipinski definition) is 6. The minimum absolute atomic E-state index is 0.117. The van der Waals surface area contributed by atoms with Gasteiger partial charge in [0, 0.05) is 41.9 Å². The van der Waals surface area contributed by atoms with Gasteiger partial charge in [-0.05, 0) is 49.2 Å². The number of carbonyl (C=O) groups is 2. The third kappa shape index (κ3) is 9.23. The number of carbonyl (C=O) groups excluding carboxylic acids is 1. The number of hydrazine groups is 1. The van der Waals surface area contributed by atoms with Crippen LogP contribution in [-0.2, 0) is 29.2 Å². The van der Waals surface area contributed by atoms with Crippen LogP contribution in [0.1, 0.15) is 55.0 Å². The molecule has 0 spiro atoms. The molecule has 1 aliphatic rings. The standard InChI is InChI=1S/C24H26FN5O5.C2H7N.C2H6.CH3NO/c1-12-6-21-22-17(10-30(21)23(32)18(12)11-35-24(33)34)16(9-29(27)8-14(26)3-4-31)15-5-13(2)19(25)7-20(15)28-22;1-2-3;1-2;2-1-3/h5-8,31H,3-4,9-11,26-27H2,1-2H3,(H,33,34);2-3H2,1H3;1-2H3;1H,(H2,2,3)/b14-8-;;;. The summed E-state index contributed by atoms with van der Waals surface area (Å²) in [6.45, 7) is 9.89. The van der Waals surface area contributed by atoms with Gasteiger partial charge in [-0.25, -0.2) is 20.0 Å². The van der Waals surface area contributed by atoms with Gasteiger partial charge < -0.3 is 41.7 Å². The summed E-state index contributed by atoms with van der Waals surface area (Å²) < 4.78 is 20.6. The van der Waals surface area contributed by atoms with Crippen molar-refractivity contribution < 1.29 is 28.9 Å². The number of benzene rings is 1. The van der Waals surface area contributed by atoms with Crippen LogP contribution in [0.5, 0.6) is 0 Å². The lowest BCUT2D eigenvalue weighted by Gasteiger charge is -2.19. The van der Waals surface area contributed by atoms with Gasteiger partial charge in [0.1, 0.15) is 12.4 Å². The highest BCUT2D eigenvalue weighted by Crippen LogP contribution is 2.37. The van der Waals surface area contributed by atoms with E-state index in [0.717, 1.165) is 17.7 Å². The zero-order chi connectivity index (χ0) is 32.9. The molecule has 0 unspecified atom stereocenters. The SMILES string of the molecule is CC.CCN.Cc1cc2c(CN(N)/C=C(\N)CCO)c3c(nc2cc1F)-c1cc(C)c(COC(=O)O)c(=O)n1C3.NC=O. The summed E-state index contributed by atoms with van der Waals surface area (Å²) >= 11 is 0. The second-order valence-electron chi connectivity index (χ2n) is 9.07. The molecule has 0 atom stereocenters. The van der Waals surface area contributed by atoms with Crippen LogP contribution in [0.3, 0.4) is 0 Å². The van der Waals surface area contributed by atoms with Gasteiger partial charge in [0.15, 0.2) is 0 Å². The molecule has 2 aromatic heterocycles. The molecular formula is C29H42FN7O6. The molecule has 0 saturated carbocycles. The average Bonchev–Trinajstić information content (AvgIpc) is 3.30. The Morgan fingerprint density at radius 3 is 2.37 bits per heavy atom.